The molecule has 1 aromatic carbocycles. The molecule has 1 rings (SSSR count). The van der Waals surface area contributed by atoms with E-state index >= 15 is 0 Å². The van der Waals surface area contributed by atoms with E-state index in [1.807, 2.05) is 6.07 Å². The molecule has 2 N–H and O–H groups in total. The van der Waals surface area contributed by atoms with Crippen LogP contribution in [0.1, 0.15) is 31.4 Å². The van der Waals surface area contributed by atoms with Crippen molar-refractivity contribution in [1.82, 2.24) is 10.6 Å². The summed E-state index contributed by atoms with van der Waals surface area (Å²) in [5.74, 6) is 0.960. The molecule has 3 nitrogen and oxygen atoms in total. The highest BCUT2D eigenvalue weighted by Gasteiger charge is 2.05. The Bertz CT molecular complexity index is 352. The van der Waals surface area contributed by atoms with Crippen LogP contribution in [-0.4, -0.2) is 26.2 Å². The Labute approximate surface area is 111 Å². The Kier molecular flexibility index (Phi) is 6.76. The molecule has 0 spiro atoms. The standard InChI is InChI=1S/C15H26N2O/c1-5-8-16-10-13(3)17-11-14-9-12(2)6-7-15(14)18-4/h6-7,9,13,16-17H,5,8,10-11H2,1-4H3. The highest BCUT2D eigenvalue weighted by Crippen LogP contribution is 2.19. The maximum atomic E-state index is 5.38. The quantitative estimate of drug-likeness (QED) is 0.695. The van der Waals surface area contributed by atoms with E-state index in [1.54, 1.807) is 7.11 Å². The molecule has 1 unspecified atom stereocenters. The van der Waals surface area contributed by atoms with E-state index in [9.17, 15) is 0 Å². The molecular formula is C15H26N2O. The molecule has 0 aliphatic heterocycles. The van der Waals surface area contributed by atoms with Gasteiger partial charge in [-0.15, -0.1) is 0 Å². The van der Waals surface area contributed by atoms with Crippen LogP contribution in [0.3, 0.4) is 0 Å². The zero-order chi connectivity index (χ0) is 13.4. The van der Waals surface area contributed by atoms with Crippen molar-refractivity contribution in [3.05, 3.63) is 29.3 Å². The van der Waals surface area contributed by atoms with Gasteiger partial charge in [0.05, 0.1) is 7.11 Å². The fraction of sp³-hybridized carbons (Fsp3) is 0.600. The van der Waals surface area contributed by atoms with E-state index in [4.69, 9.17) is 4.74 Å². The third kappa shape index (κ3) is 5.07. The maximum absolute atomic E-state index is 5.38. The number of nitrogens with one attached hydrogen (secondary N) is 2. The van der Waals surface area contributed by atoms with Gasteiger partial charge in [-0.1, -0.05) is 24.6 Å². The van der Waals surface area contributed by atoms with Gasteiger partial charge in [-0.3, -0.25) is 0 Å². The lowest BCUT2D eigenvalue weighted by Gasteiger charge is -2.16. The molecule has 0 amide bonds. The third-order valence-electron chi connectivity index (χ3n) is 2.95. The average Bonchev–Trinajstić information content (AvgIpc) is 2.37. The molecule has 1 atom stereocenters. The van der Waals surface area contributed by atoms with Gasteiger partial charge in [-0.05, 0) is 32.9 Å². The summed E-state index contributed by atoms with van der Waals surface area (Å²) < 4.78 is 5.38. The van der Waals surface area contributed by atoms with E-state index in [-0.39, 0.29) is 0 Å². The lowest BCUT2D eigenvalue weighted by molar-refractivity contribution is 0.404. The largest absolute Gasteiger partial charge is 0.496 e. The molecule has 0 bridgehead atoms. The van der Waals surface area contributed by atoms with Gasteiger partial charge >= 0.3 is 0 Å². The minimum absolute atomic E-state index is 0.460. The van der Waals surface area contributed by atoms with E-state index in [0.717, 1.165) is 25.4 Å². The zero-order valence-electron chi connectivity index (χ0n) is 12.0. The first-order chi connectivity index (χ1) is 8.67. The Morgan fingerprint density at radius 1 is 1.33 bits per heavy atom. The van der Waals surface area contributed by atoms with Gasteiger partial charge in [0.2, 0.25) is 0 Å². The van der Waals surface area contributed by atoms with Gasteiger partial charge in [0.1, 0.15) is 5.75 Å². The van der Waals surface area contributed by atoms with Crippen LogP contribution in [0, 0.1) is 6.92 Å². The highest BCUT2D eigenvalue weighted by atomic mass is 16.5. The smallest absolute Gasteiger partial charge is 0.123 e. The summed E-state index contributed by atoms with van der Waals surface area (Å²) in [6, 6.07) is 6.75. The van der Waals surface area contributed by atoms with Crippen LogP contribution in [-0.2, 0) is 6.54 Å². The summed E-state index contributed by atoms with van der Waals surface area (Å²) in [5, 5.41) is 6.93. The van der Waals surface area contributed by atoms with Crippen LogP contribution in [0.4, 0.5) is 0 Å². The molecule has 0 heterocycles. The van der Waals surface area contributed by atoms with Gasteiger partial charge in [0.25, 0.3) is 0 Å². The van der Waals surface area contributed by atoms with Crippen LogP contribution < -0.4 is 15.4 Å². The number of methoxy groups -OCH3 is 1. The second-order valence-corrected chi connectivity index (χ2v) is 4.80. The maximum Gasteiger partial charge on any atom is 0.123 e. The molecule has 0 aliphatic rings. The molecule has 0 aliphatic carbocycles. The third-order valence-corrected chi connectivity index (χ3v) is 2.95. The molecular weight excluding hydrogens is 224 g/mol. The minimum atomic E-state index is 0.460. The first-order valence-corrected chi connectivity index (χ1v) is 6.75. The second kappa shape index (κ2) is 8.11. The second-order valence-electron chi connectivity index (χ2n) is 4.80. The van der Waals surface area contributed by atoms with E-state index in [2.05, 4.69) is 43.5 Å². The molecule has 18 heavy (non-hydrogen) atoms. The Morgan fingerprint density at radius 2 is 2.11 bits per heavy atom. The number of aryl methyl sites for hydroxylation is 1. The van der Waals surface area contributed by atoms with Crippen LogP contribution in [0.25, 0.3) is 0 Å². The number of rotatable bonds is 8. The van der Waals surface area contributed by atoms with Crippen molar-refractivity contribution in [2.75, 3.05) is 20.2 Å². The average molecular weight is 250 g/mol. The summed E-state index contributed by atoms with van der Waals surface area (Å²) in [6.07, 6.45) is 1.18. The summed E-state index contributed by atoms with van der Waals surface area (Å²) in [7, 11) is 1.72. The van der Waals surface area contributed by atoms with Crippen molar-refractivity contribution in [2.24, 2.45) is 0 Å². The predicted octanol–water partition coefficient (Wildman–Crippen LogP) is 2.48. The Hall–Kier alpha value is -1.06. The molecule has 0 fully saturated rings. The molecule has 0 saturated carbocycles. The van der Waals surface area contributed by atoms with Gasteiger partial charge in [-0.2, -0.15) is 0 Å². The van der Waals surface area contributed by atoms with Crippen LogP contribution in [0.15, 0.2) is 18.2 Å². The lowest BCUT2D eigenvalue weighted by Crippen LogP contribution is -2.36. The van der Waals surface area contributed by atoms with E-state index < -0.39 is 0 Å². The molecule has 1 aromatic rings. The van der Waals surface area contributed by atoms with E-state index in [0.29, 0.717) is 6.04 Å². The van der Waals surface area contributed by atoms with Crippen molar-refractivity contribution in [3.8, 4) is 5.75 Å². The van der Waals surface area contributed by atoms with Crippen molar-refractivity contribution >= 4 is 0 Å². The first kappa shape index (κ1) is 15.0. The number of hydrogen-bond acceptors (Lipinski definition) is 3. The molecule has 0 saturated heterocycles. The number of ether oxygens (including phenoxy) is 1. The van der Waals surface area contributed by atoms with Gasteiger partial charge in [0, 0.05) is 24.7 Å². The molecule has 0 aromatic heterocycles. The zero-order valence-corrected chi connectivity index (χ0v) is 12.0. The normalized spacial score (nSPS) is 12.4. The van der Waals surface area contributed by atoms with Gasteiger partial charge in [-0.25, -0.2) is 0 Å². The molecule has 3 heteroatoms. The van der Waals surface area contributed by atoms with Crippen molar-refractivity contribution < 1.29 is 4.74 Å². The van der Waals surface area contributed by atoms with Crippen molar-refractivity contribution in [3.63, 3.8) is 0 Å². The molecule has 0 radical (unpaired) electrons. The summed E-state index contributed by atoms with van der Waals surface area (Å²) >= 11 is 0. The van der Waals surface area contributed by atoms with Crippen LogP contribution in [0.5, 0.6) is 5.75 Å². The Balaban J connectivity index is 2.44. The molecule has 102 valence electrons. The van der Waals surface area contributed by atoms with Gasteiger partial charge in [0.15, 0.2) is 0 Å². The van der Waals surface area contributed by atoms with Crippen LogP contribution >= 0.6 is 0 Å². The summed E-state index contributed by atoms with van der Waals surface area (Å²) in [4.78, 5) is 0. The van der Waals surface area contributed by atoms with Crippen molar-refractivity contribution in [1.29, 1.82) is 0 Å². The van der Waals surface area contributed by atoms with Gasteiger partial charge < -0.3 is 15.4 Å². The summed E-state index contributed by atoms with van der Waals surface area (Å²) in [5.41, 5.74) is 2.49. The monoisotopic (exact) mass is 250 g/mol. The van der Waals surface area contributed by atoms with Crippen LogP contribution in [0.2, 0.25) is 0 Å². The fourth-order valence-electron chi connectivity index (χ4n) is 1.90. The lowest BCUT2D eigenvalue weighted by atomic mass is 10.1. The fourth-order valence-corrected chi connectivity index (χ4v) is 1.90. The number of hydrogen-bond donors (Lipinski definition) is 2. The highest BCUT2D eigenvalue weighted by molar-refractivity contribution is 5.36. The number of benzene rings is 1. The first-order valence-electron chi connectivity index (χ1n) is 6.75. The van der Waals surface area contributed by atoms with E-state index in [1.165, 1.54) is 17.5 Å². The SMILES string of the molecule is CCCNCC(C)NCc1cc(C)ccc1OC. The topological polar surface area (TPSA) is 33.3 Å². The Morgan fingerprint density at radius 3 is 2.78 bits per heavy atom. The predicted molar refractivity (Wildman–Crippen MR) is 77.2 cm³/mol. The minimum Gasteiger partial charge on any atom is -0.496 e. The summed E-state index contributed by atoms with van der Waals surface area (Å²) in [6.45, 7) is 9.42. The van der Waals surface area contributed by atoms with Crippen molar-refractivity contribution in [2.45, 2.75) is 39.8 Å².